The zero-order chi connectivity index (χ0) is 24.4. The first kappa shape index (κ1) is 24.3. The summed E-state index contributed by atoms with van der Waals surface area (Å²) < 4.78 is 41.4. The highest BCUT2D eigenvalue weighted by molar-refractivity contribution is 7.89. The molecule has 3 aliphatic heterocycles. The van der Waals surface area contributed by atoms with Crippen molar-refractivity contribution >= 4 is 21.9 Å². The summed E-state index contributed by atoms with van der Waals surface area (Å²) in [4.78, 5) is 2.69. The molecule has 0 spiro atoms. The highest BCUT2D eigenvalue weighted by atomic mass is 32.2. The van der Waals surface area contributed by atoms with Gasteiger partial charge in [0.1, 0.15) is 0 Å². The second kappa shape index (κ2) is 10.3. The van der Waals surface area contributed by atoms with Crippen LogP contribution in [0.1, 0.15) is 29.8 Å². The number of nitrogens with zero attached hydrogens (tertiary/aromatic N) is 5. The first-order valence-electron chi connectivity index (χ1n) is 12.5. The van der Waals surface area contributed by atoms with Crippen molar-refractivity contribution in [2.24, 2.45) is 5.10 Å². The van der Waals surface area contributed by atoms with E-state index in [4.69, 9.17) is 9.47 Å². The Morgan fingerprint density at radius 2 is 1.51 bits per heavy atom. The Morgan fingerprint density at radius 3 is 2.20 bits per heavy atom. The lowest BCUT2D eigenvalue weighted by Crippen LogP contribution is -2.40. The molecule has 0 amide bonds. The van der Waals surface area contributed by atoms with Gasteiger partial charge in [-0.25, -0.2) is 8.42 Å². The molecule has 35 heavy (non-hydrogen) atoms. The number of aromatic nitrogens is 1. The summed E-state index contributed by atoms with van der Waals surface area (Å²) in [7, 11) is -3.60. The van der Waals surface area contributed by atoms with Gasteiger partial charge in [0.25, 0.3) is 0 Å². The highest BCUT2D eigenvalue weighted by Crippen LogP contribution is 2.34. The van der Waals surface area contributed by atoms with Gasteiger partial charge in [-0.3, -0.25) is 5.01 Å². The molecule has 0 aliphatic carbocycles. The molecule has 2 aromatic rings. The predicted octanol–water partition coefficient (Wildman–Crippen LogP) is 2.38. The van der Waals surface area contributed by atoms with Crippen LogP contribution in [0.15, 0.2) is 34.3 Å². The average molecular weight is 502 g/mol. The van der Waals surface area contributed by atoms with Crippen LogP contribution < -0.4 is 4.90 Å². The summed E-state index contributed by atoms with van der Waals surface area (Å²) in [6.45, 7) is 10.7. The Labute approximate surface area is 207 Å². The normalized spacial score (nSPS) is 20.3. The van der Waals surface area contributed by atoms with E-state index in [1.807, 2.05) is 23.4 Å². The summed E-state index contributed by atoms with van der Waals surface area (Å²) in [5.41, 5.74) is 5.10. The molecule has 3 aliphatic rings. The standard InChI is InChI=1S/C25H35N5O4S/c1-20-17-22(19-26-28-9-13-33-14-10-28)21(2)30(20)25-18-23(5-6-24(25)27-7-3-4-8-27)35(31,32)29-11-15-34-16-12-29/h5-6,17-19H,3-4,7-16H2,1-2H3. The Balaban J connectivity index is 1.55. The zero-order valence-electron chi connectivity index (χ0n) is 20.6. The number of hydrogen-bond acceptors (Lipinski definition) is 7. The molecule has 0 radical (unpaired) electrons. The van der Waals surface area contributed by atoms with E-state index in [0.717, 1.165) is 67.3 Å². The average Bonchev–Trinajstić information content (AvgIpc) is 3.51. The molecule has 3 fully saturated rings. The number of hydrazone groups is 1. The maximum atomic E-state index is 13.5. The Morgan fingerprint density at radius 1 is 0.857 bits per heavy atom. The first-order chi connectivity index (χ1) is 16.9. The SMILES string of the molecule is Cc1cc(C=NN2CCOCC2)c(C)n1-c1cc(S(=O)(=O)N2CCOCC2)ccc1N1CCCC1. The smallest absolute Gasteiger partial charge is 0.243 e. The van der Waals surface area contributed by atoms with Crippen LogP contribution in [-0.2, 0) is 19.5 Å². The molecule has 10 heteroatoms. The molecule has 3 saturated heterocycles. The lowest BCUT2D eigenvalue weighted by Gasteiger charge is -2.28. The van der Waals surface area contributed by atoms with E-state index in [9.17, 15) is 8.42 Å². The molecule has 0 bridgehead atoms. The summed E-state index contributed by atoms with van der Waals surface area (Å²) in [5.74, 6) is 0. The van der Waals surface area contributed by atoms with Crippen LogP contribution in [0.25, 0.3) is 5.69 Å². The minimum absolute atomic E-state index is 0.327. The Kier molecular flexibility index (Phi) is 7.15. The van der Waals surface area contributed by atoms with Crippen molar-refractivity contribution in [3.05, 3.63) is 41.2 Å². The Bertz CT molecular complexity index is 1170. The van der Waals surface area contributed by atoms with Crippen LogP contribution in [0.2, 0.25) is 0 Å². The first-order valence-corrected chi connectivity index (χ1v) is 13.9. The van der Waals surface area contributed by atoms with E-state index in [0.29, 0.717) is 44.4 Å². The van der Waals surface area contributed by atoms with E-state index in [-0.39, 0.29) is 0 Å². The van der Waals surface area contributed by atoms with Gasteiger partial charge in [0.15, 0.2) is 0 Å². The largest absolute Gasteiger partial charge is 0.379 e. The molecular weight excluding hydrogens is 466 g/mol. The Hall–Kier alpha value is -2.40. The van der Waals surface area contributed by atoms with Crippen LogP contribution in [0.3, 0.4) is 0 Å². The maximum absolute atomic E-state index is 13.5. The second-order valence-electron chi connectivity index (χ2n) is 9.33. The molecule has 5 rings (SSSR count). The van der Waals surface area contributed by atoms with Gasteiger partial charge in [0, 0.05) is 43.1 Å². The summed E-state index contributed by atoms with van der Waals surface area (Å²) in [6.07, 6.45) is 4.21. The lowest BCUT2D eigenvalue weighted by atomic mass is 10.2. The number of hydrogen-bond donors (Lipinski definition) is 0. The number of ether oxygens (including phenoxy) is 2. The molecular formula is C25H35N5O4S. The van der Waals surface area contributed by atoms with Crippen molar-refractivity contribution in [1.82, 2.24) is 13.9 Å². The van der Waals surface area contributed by atoms with Gasteiger partial charge >= 0.3 is 0 Å². The molecule has 0 saturated carbocycles. The quantitative estimate of drug-likeness (QED) is 0.566. The van der Waals surface area contributed by atoms with Gasteiger partial charge in [-0.1, -0.05) is 0 Å². The molecule has 0 atom stereocenters. The van der Waals surface area contributed by atoms with Crippen molar-refractivity contribution in [2.75, 3.05) is 70.6 Å². The summed E-state index contributed by atoms with van der Waals surface area (Å²) >= 11 is 0. The second-order valence-corrected chi connectivity index (χ2v) is 11.3. The molecule has 0 N–H and O–H groups in total. The van der Waals surface area contributed by atoms with Gasteiger partial charge in [-0.2, -0.15) is 9.41 Å². The third kappa shape index (κ3) is 4.97. The summed E-state index contributed by atoms with van der Waals surface area (Å²) in [5, 5.41) is 6.70. The van der Waals surface area contributed by atoms with E-state index in [1.54, 1.807) is 6.07 Å². The fourth-order valence-electron chi connectivity index (χ4n) is 5.11. The molecule has 0 unspecified atom stereocenters. The lowest BCUT2D eigenvalue weighted by molar-refractivity contribution is 0.0397. The van der Waals surface area contributed by atoms with Crippen LogP contribution in [0, 0.1) is 13.8 Å². The summed E-state index contributed by atoms with van der Waals surface area (Å²) in [6, 6.07) is 7.71. The van der Waals surface area contributed by atoms with Crippen molar-refractivity contribution in [2.45, 2.75) is 31.6 Å². The zero-order valence-corrected chi connectivity index (χ0v) is 21.5. The van der Waals surface area contributed by atoms with Crippen molar-refractivity contribution in [1.29, 1.82) is 0 Å². The van der Waals surface area contributed by atoms with Crippen LogP contribution in [0.5, 0.6) is 0 Å². The predicted molar refractivity (Wildman–Crippen MR) is 136 cm³/mol. The van der Waals surface area contributed by atoms with Crippen LogP contribution in [-0.4, -0.2) is 94.2 Å². The molecule has 1 aromatic carbocycles. The third-order valence-corrected chi connectivity index (χ3v) is 8.95. The van der Waals surface area contributed by atoms with Crippen molar-refractivity contribution < 1.29 is 17.9 Å². The van der Waals surface area contributed by atoms with Gasteiger partial charge in [-0.15, -0.1) is 0 Å². The van der Waals surface area contributed by atoms with E-state index in [1.165, 1.54) is 4.31 Å². The number of aryl methyl sites for hydroxylation is 1. The van der Waals surface area contributed by atoms with Crippen molar-refractivity contribution in [3.63, 3.8) is 0 Å². The maximum Gasteiger partial charge on any atom is 0.243 e. The number of benzene rings is 1. The monoisotopic (exact) mass is 501 g/mol. The third-order valence-electron chi connectivity index (χ3n) is 7.06. The minimum Gasteiger partial charge on any atom is -0.379 e. The van der Waals surface area contributed by atoms with Gasteiger partial charge in [-0.05, 0) is 51.0 Å². The minimum atomic E-state index is -3.60. The van der Waals surface area contributed by atoms with Gasteiger partial charge in [0.05, 0.1) is 62.0 Å². The van der Waals surface area contributed by atoms with E-state index in [2.05, 4.69) is 34.5 Å². The van der Waals surface area contributed by atoms with Gasteiger partial charge in [0.2, 0.25) is 10.0 Å². The van der Waals surface area contributed by atoms with Crippen LogP contribution in [0.4, 0.5) is 5.69 Å². The molecule has 1 aromatic heterocycles. The number of anilines is 1. The number of morpholine rings is 2. The van der Waals surface area contributed by atoms with Crippen molar-refractivity contribution in [3.8, 4) is 5.69 Å². The number of sulfonamides is 1. The molecule has 4 heterocycles. The topological polar surface area (TPSA) is 79.6 Å². The van der Waals surface area contributed by atoms with Gasteiger partial charge < -0.3 is 18.9 Å². The number of rotatable bonds is 6. The fourth-order valence-corrected chi connectivity index (χ4v) is 6.53. The van der Waals surface area contributed by atoms with E-state index < -0.39 is 10.0 Å². The highest BCUT2D eigenvalue weighted by Gasteiger charge is 2.28. The van der Waals surface area contributed by atoms with Crippen LogP contribution >= 0.6 is 0 Å². The molecule has 190 valence electrons. The molecule has 9 nitrogen and oxygen atoms in total. The fraction of sp³-hybridized carbons (Fsp3) is 0.560. The van der Waals surface area contributed by atoms with E-state index >= 15 is 0 Å².